The van der Waals surface area contributed by atoms with Gasteiger partial charge in [0.25, 0.3) is 5.91 Å². The van der Waals surface area contributed by atoms with E-state index in [0.717, 1.165) is 0 Å². The number of hydrogen-bond acceptors (Lipinski definition) is 4. The second-order valence-electron chi connectivity index (χ2n) is 4.88. The zero-order valence-electron chi connectivity index (χ0n) is 11.7. The van der Waals surface area contributed by atoms with Crippen LogP contribution in [-0.2, 0) is 9.53 Å². The molecule has 20 heavy (non-hydrogen) atoms. The monoisotopic (exact) mass is 277 g/mol. The topological polar surface area (TPSA) is 71.5 Å². The molecule has 2 atom stereocenters. The molecule has 0 saturated carbocycles. The normalized spacial score (nSPS) is 21.8. The highest BCUT2D eigenvalue weighted by molar-refractivity contribution is 5.95. The molecule has 2 amide bonds. The van der Waals surface area contributed by atoms with Crippen molar-refractivity contribution in [2.75, 3.05) is 33.9 Å². The molecule has 0 aromatic carbocycles. The lowest BCUT2D eigenvalue weighted by Crippen LogP contribution is -2.34. The van der Waals surface area contributed by atoms with Gasteiger partial charge in [-0.15, -0.1) is 0 Å². The number of rotatable bonds is 4. The van der Waals surface area contributed by atoms with E-state index in [1.165, 1.54) is 0 Å². The van der Waals surface area contributed by atoms with Gasteiger partial charge >= 0.3 is 0 Å². The largest absolute Gasteiger partial charge is 0.384 e. The van der Waals surface area contributed by atoms with Crippen molar-refractivity contribution in [3.8, 4) is 0 Å². The van der Waals surface area contributed by atoms with Crippen LogP contribution in [0, 0.1) is 11.8 Å². The van der Waals surface area contributed by atoms with Crippen LogP contribution in [0.2, 0.25) is 0 Å². The predicted molar refractivity (Wildman–Crippen MR) is 73.1 cm³/mol. The summed E-state index contributed by atoms with van der Waals surface area (Å²) in [5, 5.41) is 2.65. The van der Waals surface area contributed by atoms with Crippen molar-refractivity contribution in [3.05, 3.63) is 30.1 Å². The Bertz CT molecular complexity index is 478. The third-order valence-corrected chi connectivity index (χ3v) is 3.62. The highest BCUT2D eigenvalue weighted by atomic mass is 16.5. The number of nitrogens with zero attached hydrogens (tertiary/aromatic N) is 2. The van der Waals surface area contributed by atoms with Crippen molar-refractivity contribution in [3.63, 3.8) is 0 Å². The Morgan fingerprint density at radius 1 is 1.40 bits per heavy atom. The van der Waals surface area contributed by atoms with E-state index in [-0.39, 0.29) is 23.7 Å². The minimum Gasteiger partial charge on any atom is -0.384 e. The summed E-state index contributed by atoms with van der Waals surface area (Å²) in [7, 11) is 3.22. The van der Waals surface area contributed by atoms with E-state index in [4.69, 9.17) is 4.74 Å². The number of nitrogens with one attached hydrogen (secondary N) is 1. The third-order valence-electron chi connectivity index (χ3n) is 3.62. The van der Waals surface area contributed by atoms with Gasteiger partial charge in [-0.1, -0.05) is 0 Å². The van der Waals surface area contributed by atoms with Crippen LogP contribution in [0.1, 0.15) is 10.4 Å². The first-order chi connectivity index (χ1) is 9.67. The molecule has 0 unspecified atom stereocenters. The first-order valence-corrected chi connectivity index (χ1v) is 6.57. The Hall–Kier alpha value is -1.95. The Balaban J connectivity index is 2.11. The first-order valence-electron chi connectivity index (χ1n) is 6.57. The Morgan fingerprint density at radius 2 is 2.10 bits per heavy atom. The number of pyridine rings is 1. The molecule has 108 valence electrons. The molecular weight excluding hydrogens is 258 g/mol. The van der Waals surface area contributed by atoms with Gasteiger partial charge in [-0.2, -0.15) is 0 Å². The molecule has 1 aromatic rings. The average Bonchev–Trinajstić information content (AvgIpc) is 2.91. The molecule has 1 aromatic heterocycles. The quantitative estimate of drug-likeness (QED) is 0.851. The average molecular weight is 277 g/mol. The summed E-state index contributed by atoms with van der Waals surface area (Å²) in [4.78, 5) is 29.9. The van der Waals surface area contributed by atoms with Gasteiger partial charge in [0.05, 0.1) is 12.5 Å². The van der Waals surface area contributed by atoms with Crippen LogP contribution in [-0.4, -0.2) is 55.6 Å². The smallest absolute Gasteiger partial charge is 0.253 e. The van der Waals surface area contributed by atoms with Crippen LogP contribution in [0.15, 0.2) is 24.5 Å². The maximum Gasteiger partial charge on any atom is 0.253 e. The lowest BCUT2D eigenvalue weighted by Gasteiger charge is -2.16. The second kappa shape index (κ2) is 6.47. The highest BCUT2D eigenvalue weighted by Gasteiger charge is 2.39. The van der Waals surface area contributed by atoms with Crippen LogP contribution < -0.4 is 5.32 Å². The van der Waals surface area contributed by atoms with Crippen LogP contribution in [0.5, 0.6) is 0 Å². The Morgan fingerprint density at radius 3 is 2.70 bits per heavy atom. The summed E-state index contributed by atoms with van der Waals surface area (Å²) >= 11 is 0. The predicted octanol–water partition coefficient (Wildman–Crippen LogP) is 0.162. The van der Waals surface area contributed by atoms with E-state index in [1.54, 1.807) is 43.6 Å². The summed E-state index contributed by atoms with van der Waals surface area (Å²) in [5.41, 5.74) is 0.591. The van der Waals surface area contributed by atoms with E-state index in [2.05, 4.69) is 10.3 Å². The van der Waals surface area contributed by atoms with Crippen LogP contribution in [0.4, 0.5) is 0 Å². The fourth-order valence-electron chi connectivity index (χ4n) is 2.58. The van der Waals surface area contributed by atoms with Crippen molar-refractivity contribution < 1.29 is 14.3 Å². The van der Waals surface area contributed by atoms with Crippen LogP contribution >= 0.6 is 0 Å². The van der Waals surface area contributed by atoms with Gasteiger partial charge in [-0.25, -0.2) is 0 Å². The molecule has 2 heterocycles. The van der Waals surface area contributed by atoms with Gasteiger partial charge in [0.1, 0.15) is 0 Å². The van der Waals surface area contributed by atoms with Gasteiger partial charge in [0, 0.05) is 51.1 Å². The summed E-state index contributed by atoms with van der Waals surface area (Å²) in [6.45, 7) is 1.43. The zero-order chi connectivity index (χ0) is 14.5. The summed E-state index contributed by atoms with van der Waals surface area (Å²) in [6, 6.07) is 3.36. The Kier molecular flexibility index (Phi) is 4.68. The number of aromatic nitrogens is 1. The van der Waals surface area contributed by atoms with Crippen molar-refractivity contribution >= 4 is 11.8 Å². The van der Waals surface area contributed by atoms with Gasteiger partial charge in [-0.3, -0.25) is 14.6 Å². The fourth-order valence-corrected chi connectivity index (χ4v) is 2.58. The zero-order valence-corrected chi connectivity index (χ0v) is 11.7. The number of ether oxygens (including phenoxy) is 1. The molecule has 0 aliphatic carbocycles. The number of carbonyl (C=O) groups is 2. The van der Waals surface area contributed by atoms with Crippen molar-refractivity contribution in [1.82, 2.24) is 15.2 Å². The molecule has 6 nitrogen and oxygen atoms in total. The van der Waals surface area contributed by atoms with Gasteiger partial charge in [0.15, 0.2) is 0 Å². The van der Waals surface area contributed by atoms with E-state index in [0.29, 0.717) is 25.3 Å². The van der Waals surface area contributed by atoms with Crippen LogP contribution in [0.25, 0.3) is 0 Å². The van der Waals surface area contributed by atoms with E-state index < -0.39 is 0 Å². The molecule has 1 aliphatic rings. The van der Waals surface area contributed by atoms with Gasteiger partial charge in [-0.05, 0) is 12.1 Å². The third kappa shape index (κ3) is 2.96. The number of hydrogen-bond donors (Lipinski definition) is 1. The van der Waals surface area contributed by atoms with Gasteiger partial charge in [0.2, 0.25) is 5.91 Å². The maximum absolute atomic E-state index is 12.4. The molecule has 2 rings (SSSR count). The number of methoxy groups -OCH3 is 1. The van der Waals surface area contributed by atoms with E-state index in [9.17, 15) is 9.59 Å². The fraction of sp³-hybridized carbons (Fsp3) is 0.500. The standard InChI is InChI=1S/C14H19N3O3/c1-15-13(18)12-8-17(7-11(12)9-20-2)14(19)10-3-5-16-6-4-10/h3-6,11-12H,7-9H2,1-2H3,(H,15,18)/t11-,12+/m0/s1. The summed E-state index contributed by atoms with van der Waals surface area (Å²) in [5.74, 6) is -0.298. The molecule has 1 N–H and O–H groups in total. The molecule has 1 saturated heterocycles. The molecule has 0 spiro atoms. The lowest BCUT2D eigenvalue weighted by atomic mass is 9.96. The molecule has 0 bridgehead atoms. The van der Waals surface area contributed by atoms with Gasteiger partial charge < -0.3 is 15.0 Å². The SMILES string of the molecule is CNC(=O)[C@@H]1CN(C(=O)c2ccncc2)C[C@H]1COC. The maximum atomic E-state index is 12.4. The lowest BCUT2D eigenvalue weighted by molar-refractivity contribution is -0.125. The molecule has 0 radical (unpaired) electrons. The number of amides is 2. The van der Waals surface area contributed by atoms with Crippen LogP contribution in [0.3, 0.4) is 0 Å². The summed E-state index contributed by atoms with van der Waals surface area (Å²) in [6.07, 6.45) is 3.18. The molecule has 1 aliphatic heterocycles. The van der Waals surface area contributed by atoms with Crippen molar-refractivity contribution in [2.45, 2.75) is 0 Å². The van der Waals surface area contributed by atoms with E-state index >= 15 is 0 Å². The Labute approximate surface area is 118 Å². The molecule has 6 heteroatoms. The minimum atomic E-state index is -0.217. The van der Waals surface area contributed by atoms with E-state index in [1.807, 2.05) is 0 Å². The minimum absolute atomic E-state index is 0.0331. The second-order valence-corrected chi connectivity index (χ2v) is 4.88. The number of carbonyl (C=O) groups excluding carboxylic acids is 2. The number of likely N-dealkylation sites (tertiary alicyclic amines) is 1. The molecule has 1 fully saturated rings. The highest BCUT2D eigenvalue weighted by Crippen LogP contribution is 2.25. The van der Waals surface area contributed by atoms with Crippen molar-refractivity contribution in [2.24, 2.45) is 11.8 Å². The first kappa shape index (κ1) is 14.5. The van der Waals surface area contributed by atoms with Crippen molar-refractivity contribution in [1.29, 1.82) is 0 Å². The molecular formula is C14H19N3O3. The summed E-state index contributed by atoms with van der Waals surface area (Å²) < 4.78 is 5.16.